The van der Waals surface area contributed by atoms with Crippen molar-refractivity contribution in [1.82, 2.24) is 0 Å². The van der Waals surface area contributed by atoms with Crippen molar-refractivity contribution in [3.63, 3.8) is 0 Å². The van der Waals surface area contributed by atoms with Crippen LogP contribution < -0.4 is 0 Å². The van der Waals surface area contributed by atoms with Crippen molar-refractivity contribution in [3.05, 3.63) is 97.2 Å². The van der Waals surface area contributed by atoms with Gasteiger partial charge in [-0.1, -0.05) is 240 Å². The van der Waals surface area contributed by atoms with E-state index in [1.165, 1.54) is 96.3 Å². The zero-order chi connectivity index (χ0) is 47.9. The van der Waals surface area contributed by atoms with Crippen LogP contribution in [0.5, 0.6) is 0 Å². The van der Waals surface area contributed by atoms with Gasteiger partial charge in [0.15, 0.2) is 6.10 Å². The second-order valence-electron chi connectivity index (χ2n) is 17.7. The monoisotopic (exact) mass is 917 g/mol. The highest BCUT2D eigenvalue weighted by Gasteiger charge is 2.19. The summed E-state index contributed by atoms with van der Waals surface area (Å²) in [5, 5.41) is 0. The first-order valence-electron chi connectivity index (χ1n) is 27.2. The highest BCUT2D eigenvalue weighted by molar-refractivity contribution is 5.71. The fourth-order valence-electron chi connectivity index (χ4n) is 7.33. The van der Waals surface area contributed by atoms with Crippen molar-refractivity contribution in [2.24, 2.45) is 0 Å². The number of rotatable bonds is 48. The second-order valence-corrected chi connectivity index (χ2v) is 17.7. The second kappa shape index (κ2) is 53.9. The Morgan fingerprint density at radius 1 is 0.318 bits per heavy atom. The topological polar surface area (TPSA) is 78.9 Å². The average molecular weight is 917 g/mol. The molecule has 0 aliphatic heterocycles. The maximum atomic E-state index is 12.8. The molecule has 0 aromatic rings. The molecule has 0 radical (unpaired) electrons. The van der Waals surface area contributed by atoms with Crippen LogP contribution >= 0.6 is 0 Å². The molecule has 0 amide bonds. The average Bonchev–Trinajstić information content (AvgIpc) is 3.31. The fraction of sp³-hybridized carbons (Fsp3) is 0.683. The largest absolute Gasteiger partial charge is 0.462 e. The van der Waals surface area contributed by atoms with E-state index in [9.17, 15) is 14.4 Å². The van der Waals surface area contributed by atoms with Crippen LogP contribution in [0.4, 0.5) is 0 Å². The normalized spacial score (nSPS) is 12.8. The van der Waals surface area contributed by atoms with Gasteiger partial charge in [-0.3, -0.25) is 14.4 Å². The standard InChI is InChI=1S/C60H100O6/c1-4-7-10-13-16-19-22-25-27-29-31-32-35-38-41-44-47-50-53-59(62)65-56-57(55-64-58(61)52-49-46-43-40-37-34-24-21-18-15-12-9-6-3)66-60(63)54-51-48-45-42-39-36-33-30-28-26-23-20-17-14-11-8-5-2/h8-9,11-12,17-18,20-21,26,28,33-34,36-37,43,46,57H,4-7,10,13-16,19,22-25,27,29-32,35,38-42,44-45,47-56H2,1-3H3/b11-8-,12-9-,20-17-,21-18-,28-26-,36-33-,37-34-,46-43-. The van der Waals surface area contributed by atoms with Crippen LogP contribution in [0.3, 0.4) is 0 Å². The molecule has 66 heavy (non-hydrogen) atoms. The highest BCUT2D eigenvalue weighted by Crippen LogP contribution is 2.15. The Morgan fingerprint density at radius 2 is 0.621 bits per heavy atom. The minimum atomic E-state index is -0.818. The molecular formula is C60H100O6. The van der Waals surface area contributed by atoms with Crippen LogP contribution in [0.1, 0.15) is 245 Å². The van der Waals surface area contributed by atoms with Gasteiger partial charge in [-0.25, -0.2) is 0 Å². The van der Waals surface area contributed by atoms with Gasteiger partial charge in [0.2, 0.25) is 0 Å². The maximum Gasteiger partial charge on any atom is 0.306 e. The van der Waals surface area contributed by atoms with Crippen LogP contribution in [0, 0.1) is 0 Å². The van der Waals surface area contributed by atoms with E-state index in [-0.39, 0.29) is 44.0 Å². The van der Waals surface area contributed by atoms with Gasteiger partial charge in [0.05, 0.1) is 0 Å². The lowest BCUT2D eigenvalue weighted by molar-refractivity contribution is -0.166. The number of hydrogen-bond donors (Lipinski definition) is 0. The minimum Gasteiger partial charge on any atom is -0.462 e. The van der Waals surface area contributed by atoms with E-state index in [0.29, 0.717) is 12.8 Å². The predicted octanol–water partition coefficient (Wildman–Crippen LogP) is 18.1. The quantitative estimate of drug-likeness (QED) is 0.0262. The van der Waals surface area contributed by atoms with Gasteiger partial charge in [0.25, 0.3) is 0 Å². The Balaban J connectivity index is 4.47. The molecule has 6 nitrogen and oxygen atoms in total. The van der Waals surface area contributed by atoms with E-state index in [4.69, 9.17) is 14.2 Å². The number of allylic oxidation sites excluding steroid dienone is 16. The molecule has 376 valence electrons. The Morgan fingerprint density at radius 3 is 1.02 bits per heavy atom. The summed E-state index contributed by atoms with van der Waals surface area (Å²) in [7, 11) is 0. The molecular weight excluding hydrogens is 817 g/mol. The van der Waals surface area contributed by atoms with Gasteiger partial charge in [0, 0.05) is 19.3 Å². The molecule has 0 heterocycles. The third-order valence-corrected chi connectivity index (χ3v) is 11.3. The van der Waals surface area contributed by atoms with E-state index in [1.807, 2.05) is 12.2 Å². The van der Waals surface area contributed by atoms with Crippen LogP contribution in [-0.2, 0) is 28.6 Å². The Kier molecular flexibility index (Phi) is 50.9. The molecule has 0 saturated carbocycles. The summed E-state index contributed by atoms with van der Waals surface area (Å²) in [6.45, 7) is 6.33. The van der Waals surface area contributed by atoms with Crippen molar-refractivity contribution < 1.29 is 28.6 Å². The summed E-state index contributed by atoms with van der Waals surface area (Å²) in [6, 6.07) is 0. The van der Waals surface area contributed by atoms with Gasteiger partial charge in [-0.15, -0.1) is 0 Å². The van der Waals surface area contributed by atoms with Crippen molar-refractivity contribution >= 4 is 17.9 Å². The van der Waals surface area contributed by atoms with Crippen molar-refractivity contribution in [3.8, 4) is 0 Å². The molecule has 0 bridgehead atoms. The molecule has 1 atom stereocenters. The van der Waals surface area contributed by atoms with Crippen molar-refractivity contribution in [2.45, 2.75) is 252 Å². The summed E-state index contributed by atoms with van der Waals surface area (Å²) in [6.07, 6.45) is 71.3. The Hall–Kier alpha value is -3.67. The molecule has 0 saturated heterocycles. The molecule has 0 rings (SSSR count). The summed E-state index contributed by atoms with van der Waals surface area (Å²) in [4.78, 5) is 38.0. The van der Waals surface area contributed by atoms with Crippen LogP contribution in [0.2, 0.25) is 0 Å². The SMILES string of the molecule is CC/C=C\C/C=C\C/C=C\C/C=C\CCCCCCC(=O)OC(COC(=O)CC/C=C\C/C=C\C/C=C\C/C=C\CC)COC(=O)CCCCCCCCCCCCCCCCCCCC. The van der Waals surface area contributed by atoms with E-state index in [0.717, 1.165) is 103 Å². The summed E-state index contributed by atoms with van der Waals surface area (Å²) >= 11 is 0. The fourth-order valence-corrected chi connectivity index (χ4v) is 7.33. The van der Waals surface area contributed by atoms with Crippen molar-refractivity contribution in [1.29, 1.82) is 0 Å². The summed E-state index contributed by atoms with van der Waals surface area (Å²) in [5.41, 5.74) is 0. The first kappa shape index (κ1) is 62.3. The van der Waals surface area contributed by atoms with Crippen LogP contribution in [0.15, 0.2) is 97.2 Å². The molecule has 0 aliphatic carbocycles. The molecule has 0 aliphatic rings. The molecule has 0 aromatic heterocycles. The third kappa shape index (κ3) is 51.3. The van der Waals surface area contributed by atoms with Crippen LogP contribution in [0.25, 0.3) is 0 Å². The first-order chi connectivity index (χ1) is 32.5. The van der Waals surface area contributed by atoms with Crippen molar-refractivity contribution in [2.75, 3.05) is 13.2 Å². The first-order valence-corrected chi connectivity index (χ1v) is 27.2. The smallest absolute Gasteiger partial charge is 0.306 e. The van der Waals surface area contributed by atoms with Gasteiger partial charge < -0.3 is 14.2 Å². The Labute approximate surface area is 407 Å². The Bertz CT molecular complexity index is 1330. The lowest BCUT2D eigenvalue weighted by Crippen LogP contribution is -2.30. The summed E-state index contributed by atoms with van der Waals surface area (Å²) in [5.74, 6) is -1.02. The summed E-state index contributed by atoms with van der Waals surface area (Å²) < 4.78 is 16.7. The van der Waals surface area contributed by atoms with E-state index < -0.39 is 6.10 Å². The number of carbonyl (C=O) groups is 3. The number of ether oxygens (including phenoxy) is 3. The molecule has 0 spiro atoms. The number of carbonyl (C=O) groups excluding carboxylic acids is 3. The highest BCUT2D eigenvalue weighted by atomic mass is 16.6. The van der Waals surface area contributed by atoms with Gasteiger partial charge in [-0.2, -0.15) is 0 Å². The number of hydrogen-bond acceptors (Lipinski definition) is 6. The minimum absolute atomic E-state index is 0.108. The van der Waals surface area contributed by atoms with Gasteiger partial charge >= 0.3 is 17.9 Å². The maximum absolute atomic E-state index is 12.8. The van der Waals surface area contributed by atoms with E-state index in [1.54, 1.807) is 0 Å². The van der Waals surface area contributed by atoms with E-state index >= 15 is 0 Å². The number of unbranched alkanes of at least 4 members (excludes halogenated alkanes) is 21. The zero-order valence-corrected chi connectivity index (χ0v) is 42.9. The zero-order valence-electron chi connectivity index (χ0n) is 42.9. The lowest BCUT2D eigenvalue weighted by Gasteiger charge is -2.18. The molecule has 1 unspecified atom stereocenters. The van der Waals surface area contributed by atoms with E-state index in [2.05, 4.69) is 106 Å². The third-order valence-electron chi connectivity index (χ3n) is 11.3. The predicted molar refractivity (Wildman–Crippen MR) is 284 cm³/mol. The van der Waals surface area contributed by atoms with Crippen LogP contribution in [-0.4, -0.2) is 37.2 Å². The molecule has 0 aromatic carbocycles. The molecule has 6 heteroatoms. The molecule has 0 fully saturated rings. The van der Waals surface area contributed by atoms with Gasteiger partial charge in [-0.05, 0) is 83.5 Å². The molecule has 0 N–H and O–H groups in total. The van der Waals surface area contributed by atoms with Gasteiger partial charge in [0.1, 0.15) is 13.2 Å². The number of esters is 3. The lowest BCUT2D eigenvalue weighted by atomic mass is 10.0.